The highest BCUT2D eigenvalue weighted by Crippen LogP contribution is 2.35. The van der Waals surface area contributed by atoms with Crippen molar-refractivity contribution < 1.29 is 18.1 Å². The fourth-order valence-corrected chi connectivity index (χ4v) is 2.83. The molecule has 23 heavy (non-hydrogen) atoms. The summed E-state index contributed by atoms with van der Waals surface area (Å²) in [5, 5.41) is 14.4. The predicted molar refractivity (Wildman–Crippen MR) is 78.7 cm³/mol. The number of fused-ring (bicyclic) bond motifs is 1. The Labute approximate surface area is 130 Å². The van der Waals surface area contributed by atoms with Crippen LogP contribution >= 0.6 is 0 Å². The average Bonchev–Trinajstić information content (AvgIpc) is 2.53. The van der Waals surface area contributed by atoms with Gasteiger partial charge in [0, 0.05) is 17.0 Å². The number of nitrogens with one attached hydrogen (secondary N) is 1. The van der Waals surface area contributed by atoms with Gasteiger partial charge in [0.05, 0.1) is 5.56 Å². The Morgan fingerprint density at radius 3 is 2.35 bits per heavy atom. The zero-order chi connectivity index (χ0) is 16.6. The van der Waals surface area contributed by atoms with Crippen molar-refractivity contribution in [3.05, 3.63) is 75.3 Å². The van der Waals surface area contributed by atoms with Crippen molar-refractivity contribution in [2.45, 2.75) is 24.7 Å². The molecule has 1 heterocycles. The highest BCUT2D eigenvalue weighted by molar-refractivity contribution is 5.55. The summed E-state index contributed by atoms with van der Waals surface area (Å²) in [4.78, 5) is 11.0. The Hall–Kier alpha value is -2.57. The maximum absolute atomic E-state index is 12.6. The standard InChI is InChI=1S/C16H13F3N2O2/c17-16(18,19)12-7-5-10(6-8-12)15-14(21(22)23)9-11-3-1-2-4-13(11)20-15/h1-8,14-15,20H,9H2/t14-,15+/m0/s1. The van der Waals surface area contributed by atoms with Gasteiger partial charge >= 0.3 is 6.18 Å². The maximum atomic E-state index is 12.6. The van der Waals surface area contributed by atoms with Gasteiger partial charge in [-0.15, -0.1) is 0 Å². The summed E-state index contributed by atoms with van der Waals surface area (Å²) in [5.41, 5.74) is 1.30. The SMILES string of the molecule is O=[N+]([O-])[C@H]1Cc2ccccc2N[C@@H]1c1ccc(C(F)(F)F)cc1. The Kier molecular flexibility index (Phi) is 3.71. The van der Waals surface area contributed by atoms with Crippen LogP contribution in [0.15, 0.2) is 48.5 Å². The normalized spacial score (nSPS) is 20.5. The quantitative estimate of drug-likeness (QED) is 0.670. The van der Waals surface area contributed by atoms with Gasteiger partial charge in [0.15, 0.2) is 0 Å². The third-order valence-corrected chi connectivity index (χ3v) is 4.01. The monoisotopic (exact) mass is 322 g/mol. The van der Waals surface area contributed by atoms with E-state index in [4.69, 9.17) is 0 Å². The zero-order valence-corrected chi connectivity index (χ0v) is 11.9. The van der Waals surface area contributed by atoms with Crippen LogP contribution in [-0.4, -0.2) is 11.0 Å². The number of hydrogen-bond acceptors (Lipinski definition) is 3. The molecular weight excluding hydrogens is 309 g/mol. The van der Waals surface area contributed by atoms with Crippen LogP contribution in [0.3, 0.4) is 0 Å². The third-order valence-electron chi connectivity index (χ3n) is 4.01. The van der Waals surface area contributed by atoms with E-state index in [9.17, 15) is 23.3 Å². The number of hydrogen-bond donors (Lipinski definition) is 1. The molecule has 0 bridgehead atoms. The lowest BCUT2D eigenvalue weighted by atomic mass is 9.89. The molecule has 2 atom stereocenters. The minimum absolute atomic E-state index is 0.238. The molecule has 1 aliphatic rings. The summed E-state index contributed by atoms with van der Waals surface area (Å²) in [7, 11) is 0. The van der Waals surface area contributed by atoms with Crippen LogP contribution in [0.1, 0.15) is 22.7 Å². The van der Waals surface area contributed by atoms with E-state index < -0.39 is 23.8 Å². The first kappa shape index (κ1) is 15.3. The van der Waals surface area contributed by atoms with Gasteiger partial charge in [0.1, 0.15) is 6.04 Å². The fraction of sp³-hybridized carbons (Fsp3) is 0.250. The fourth-order valence-electron chi connectivity index (χ4n) is 2.83. The minimum atomic E-state index is -4.42. The van der Waals surface area contributed by atoms with E-state index in [-0.39, 0.29) is 11.3 Å². The summed E-state index contributed by atoms with van der Waals surface area (Å²) in [6.45, 7) is 0. The minimum Gasteiger partial charge on any atom is -0.372 e. The van der Waals surface area contributed by atoms with Gasteiger partial charge in [0.25, 0.3) is 0 Å². The molecule has 0 spiro atoms. The lowest BCUT2D eigenvalue weighted by Crippen LogP contribution is -2.38. The number of halogens is 3. The first-order chi connectivity index (χ1) is 10.9. The summed E-state index contributed by atoms with van der Waals surface area (Å²) in [6.07, 6.45) is -4.19. The van der Waals surface area contributed by atoms with Crippen LogP contribution in [0, 0.1) is 10.1 Å². The molecule has 0 aliphatic carbocycles. The van der Waals surface area contributed by atoms with Crippen molar-refractivity contribution in [1.29, 1.82) is 0 Å². The number of nitro groups is 1. The summed E-state index contributed by atoms with van der Waals surface area (Å²) < 4.78 is 37.9. The molecule has 0 saturated heterocycles. The van der Waals surface area contributed by atoms with Crippen LogP contribution in [0.4, 0.5) is 18.9 Å². The Balaban J connectivity index is 1.95. The van der Waals surface area contributed by atoms with E-state index >= 15 is 0 Å². The summed E-state index contributed by atoms with van der Waals surface area (Å²) >= 11 is 0. The smallest absolute Gasteiger partial charge is 0.372 e. The lowest BCUT2D eigenvalue weighted by Gasteiger charge is -2.30. The van der Waals surface area contributed by atoms with E-state index in [0.29, 0.717) is 5.56 Å². The number of rotatable bonds is 2. The molecule has 1 N–H and O–H groups in total. The number of benzene rings is 2. The second-order valence-corrected chi connectivity index (χ2v) is 5.46. The van der Waals surface area contributed by atoms with Gasteiger partial charge in [0.2, 0.25) is 6.04 Å². The molecule has 0 fully saturated rings. The molecule has 3 rings (SSSR count). The van der Waals surface area contributed by atoms with E-state index in [0.717, 1.165) is 23.4 Å². The van der Waals surface area contributed by atoms with Crippen molar-refractivity contribution in [2.75, 3.05) is 5.32 Å². The largest absolute Gasteiger partial charge is 0.416 e. The molecule has 0 amide bonds. The van der Waals surface area contributed by atoms with Gasteiger partial charge < -0.3 is 5.32 Å². The van der Waals surface area contributed by atoms with E-state index in [1.165, 1.54) is 12.1 Å². The molecular formula is C16H13F3N2O2. The maximum Gasteiger partial charge on any atom is 0.416 e. The number of para-hydroxylation sites is 1. The summed E-state index contributed by atoms with van der Waals surface area (Å²) in [5.74, 6) is 0. The second kappa shape index (κ2) is 5.57. The van der Waals surface area contributed by atoms with E-state index in [2.05, 4.69) is 5.32 Å². The molecule has 0 unspecified atom stereocenters. The number of nitrogens with zero attached hydrogens (tertiary/aromatic N) is 1. The first-order valence-corrected chi connectivity index (χ1v) is 7.01. The molecule has 2 aromatic rings. The zero-order valence-electron chi connectivity index (χ0n) is 11.9. The van der Waals surface area contributed by atoms with Gasteiger partial charge in [-0.2, -0.15) is 13.2 Å². The molecule has 1 aliphatic heterocycles. The van der Waals surface area contributed by atoms with Gasteiger partial charge in [-0.3, -0.25) is 10.1 Å². The number of anilines is 1. The Morgan fingerprint density at radius 1 is 1.09 bits per heavy atom. The summed E-state index contributed by atoms with van der Waals surface area (Å²) in [6, 6.07) is 10.1. The molecule has 0 radical (unpaired) electrons. The van der Waals surface area contributed by atoms with Crippen molar-refractivity contribution in [3.8, 4) is 0 Å². The van der Waals surface area contributed by atoms with Crippen molar-refractivity contribution in [2.24, 2.45) is 0 Å². The Bertz CT molecular complexity index is 729. The molecule has 7 heteroatoms. The van der Waals surface area contributed by atoms with Gasteiger partial charge in [-0.25, -0.2) is 0 Å². The first-order valence-electron chi connectivity index (χ1n) is 7.01. The lowest BCUT2D eigenvalue weighted by molar-refractivity contribution is -0.525. The topological polar surface area (TPSA) is 55.2 Å². The van der Waals surface area contributed by atoms with Crippen LogP contribution in [-0.2, 0) is 12.6 Å². The van der Waals surface area contributed by atoms with Crippen LogP contribution in [0.5, 0.6) is 0 Å². The van der Waals surface area contributed by atoms with Crippen molar-refractivity contribution in [3.63, 3.8) is 0 Å². The second-order valence-electron chi connectivity index (χ2n) is 5.46. The molecule has 0 aromatic heterocycles. The van der Waals surface area contributed by atoms with Gasteiger partial charge in [-0.1, -0.05) is 30.3 Å². The Morgan fingerprint density at radius 2 is 1.74 bits per heavy atom. The van der Waals surface area contributed by atoms with E-state index in [1.54, 1.807) is 6.07 Å². The molecule has 4 nitrogen and oxygen atoms in total. The van der Waals surface area contributed by atoms with Gasteiger partial charge in [-0.05, 0) is 29.3 Å². The molecule has 120 valence electrons. The van der Waals surface area contributed by atoms with Crippen molar-refractivity contribution >= 4 is 5.69 Å². The number of alkyl halides is 3. The average molecular weight is 322 g/mol. The van der Waals surface area contributed by atoms with Crippen LogP contribution in [0.25, 0.3) is 0 Å². The highest BCUT2D eigenvalue weighted by atomic mass is 19.4. The molecule has 2 aromatic carbocycles. The molecule has 0 saturated carbocycles. The van der Waals surface area contributed by atoms with Crippen LogP contribution < -0.4 is 5.32 Å². The van der Waals surface area contributed by atoms with Crippen molar-refractivity contribution in [1.82, 2.24) is 0 Å². The van der Waals surface area contributed by atoms with E-state index in [1.807, 2.05) is 18.2 Å². The highest BCUT2D eigenvalue weighted by Gasteiger charge is 2.38. The third kappa shape index (κ3) is 2.99. The predicted octanol–water partition coefficient (Wildman–Crippen LogP) is 4.06. The van der Waals surface area contributed by atoms with Crippen LogP contribution in [0.2, 0.25) is 0 Å².